The fourth-order valence-corrected chi connectivity index (χ4v) is 1.98. The predicted octanol–water partition coefficient (Wildman–Crippen LogP) is 4.75. The normalized spacial score (nSPS) is 10.7. The third-order valence-electron chi connectivity index (χ3n) is 2.97. The molecule has 0 aliphatic carbocycles. The first kappa shape index (κ1) is 15.1. The lowest BCUT2D eigenvalue weighted by Crippen LogP contribution is -2.13. The van der Waals surface area contributed by atoms with Crippen molar-refractivity contribution in [1.82, 2.24) is 0 Å². The van der Waals surface area contributed by atoms with E-state index in [0.717, 1.165) is 12.8 Å². The predicted molar refractivity (Wildman–Crippen MR) is 75.7 cm³/mol. The molecule has 0 bridgehead atoms. The summed E-state index contributed by atoms with van der Waals surface area (Å²) in [5, 5.41) is 14.5. The van der Waals surface area contributed by atoms with Crippen molar-refractivity contribution in [2.75, 3.05) is 11.9 Å². The van der Waals surface area contributed by atoms with E-state index in [0.29, 0.717) is 23.2 Å². The molecule has 0 unspecified atom stereocenters. The number of hydrogen-bond acceptors (Lipinski definition) is 3. The Morgan fingerprint density at radius 1 is 1.28 bits per heavy atom. The van der Waals surface area contributed by atoms with Gasteiger partial charge < -0.3 is 5.32 Å². The zero-order chi connectivity index (χ0) is 13.7. The van der Waals surface area contributed by atoms with Gasteiger partial charge in [0.1, 0.15) is 5.69 Å². The molecule has 4 nitrogen and oxygen atoms in total. The van der Waals surface area contributed by atoms with E-state index < -0.39 is 4.92 Å². The van der Waals surface area contributed by atoms with Crippen molar-refractivity contribution in [2.24, 2.45) is 5.92 Å². The largest absolute Gasteiger partial charge is 0.379 e. The van der Waals surface area contributed by atoms with Crippen LogP contribution in [0.15, 0.2) is 12.1 Å². The van der Waals surface area contributed by atoms with Gasteiger partial charge in [-0.15, -0.1) is 0 Å². The van der Waals surface area contributed by atoms with Crippen molar-refractivity contribution in [3.05, 3.63) is 32.3 Å². The summed E-state index contributed by atoms with van der Waals surface area (Å²) in [6.45, 7) is 4.88. The first-order valence-corrected chi connectivity index (χ1v) is 6.62. The van der Waals surface area contributed by atoms with Crippen LogP contribution in [-0.4, -0.2) is 11.5 Å². The summed E-state index contributed by atoms with van der Waals surface area (Å²) in [6.07, 6.45) is 2.05. The number of hydrogen-bond donors (Lipinski definition) is 1. The lowest BCUT2D eigenvalue weighted by atomic mass is 10.0. The number of nitro benzene ring substituents is 1. The highest BCUT2D eigenvalue weighted by Crippen LogP contribution is 2.34. The third-order valence-corrected chi connectivity index (χ3v) is 3.69. The Balaban J connectivity index is 2.93. The average Bonchev–Trinajstić information content (AvgIpc) is 2.34. The monoisotopic (exact) mass is 290 g/mol. The molecule has 0 amide bonds. The van der Waals surface area contributed by atoms with Crippen LogP contribution in [0.4, 0.5) is 11.4 Å². The lowest BCUT2D eigenvalue weighted by Gasteiger charge is -2.14. The zero-order valence-electron chi connectivity index (χ0n) is 10.4. The van der Waals surface area contributed by atoms with Crippen molar-refractivity contribution in [1.29, 1.82) is 0 Å². The van der Waals surface area contributed by atoms with Crippen LogP contribution in [0.3, 0.4) is 0 Å². The van der Waals surface area contributed by atoms with Gasteiger partial charge in [-0.1, -0.05) is 49.9 Å². The molecule has 0 heterocycles. The molecule has 0 aliphatic rings. The van der Waals surface area contributed by atoms with Gasteiger partial charge in [0.15, 0.2) is 0 Å². The molecule has 0 saturated carbocycles. The maximum absolute atomic E-state index is 10.9. The van der Waals surface area contributed by atoms with Crippen molar-refractivity contribution < 1.29 is 4.92 Å². The number of nitrogens with one attached hydrogen (secondary N) is 1. The van der Waals surface area contributed by atoms with Crippen LogP contribution in [0.25, 0.3) is 0 Å². The van der Waals surface area contributed by atoms with E-state index in [1.165, 1.54) is 12.1 Å². The van der Waals surface area contributed by atoms with Crippen LogP contribution in [0.5, 0.6) is 0 Å². The standard InChI is InChI=1S/C12H16Cl2N2O2/c1-3-8(4-2)7-15-11-5-9(13)10(14)6-12(11)16(17)18/h5-6,8,15H,3-4,7H2,1-2H3. The van der Waals surface area contributed by atoms with Gasteiger partial charge in [0, 0.05) is 12.6 Å². The number of rotatable bonds is 6. The third kappa shape index (κ3) is 3.75. The van der Waals surface area contributed by atoms with Gasteiger partial charge in [-0.05, 0) is 12.0 Å². The Kier molecular flexibility index (Phi) is 5.69. The molecule has 0 aliphatic heterocycles. The van der Waals surface area contributed by atoms with E-state index in [9.17, 15) is 10.1 Å². The van der Waals surface area contributed by atoms with Gasteiger partial charge in [0.05, 0.1) is 15.0 Å². The topological polar surface area (TPSA) is 55.2 Å². The highest BCUT2D eigenvalue weighted by molar-refractivity contribution is 6.42. The van der Waals surface area contributed by atoms with Crippen molar-refractivity contribution >= 4 is 34.6 Å². The first-order chi connectivity index (χ1) is 8.49. The summed E-state index contributed by atoms with van der Waals surface area (Å²) >= 11 is 11.7. The van der Waals surface area contributed by atoms with Crippen LogP contribution >= 0.6 is 23.2 Å². The lowest BCUT2D eigenvalue weighted by molar-refractivity contribution is -0.383. The summed E-state index contributed by atoms with van der Waals surface area (Å²) in [5.41, 5.74) is 0.372. The molecule has 0 aromatic heterocycles. The van der Waals surface area contributed by atoms with E-state index in [1.54, 1.807) is 0 Å². The van der Waals surface area contributed by atoms with Crippen molar-refractivity contribution in [3.8, 4) is 0 Å². The smallest absolute Gasteiger partial charge is 0.293 e. The highest BCUT2D eigenvalue weighted by Gasteiger charge is 2.17. The Hall–Kier alpha value is -1.00. The zero-order valence-corrected chi connectivity index (χ0v) is 11.9. The SMILES string of the molecule is CCC(CC)CNc1cc(Cl)c(Cl)cc1[N+](=O)[O-]. The number of halogens is 2. The molecule has 0 saturated heterocycles. The van der Waals surface area contributed by atoms with E-state index in [2.05, 4.69) is 19.2 Å². The van der Waals surface area contributed by atoms with Gasteiger partial charge in [0.2, 0.25) is 0 Å². The summed E-state index contributed by atoms with van der Waals surface area (Å²) in [7, 11) is 0. The van der Waals surface area contributed by atoms with Gasteiger partial charge in [-0.2, -0.15) is 0 Å². The Morgan fingerprint density at radius 2 is 1.83 bits per heavy atom. The van der Waals surface area contributed by atoms with Crippen LogP contribution in [0, 0.1) is 16.0 Å². The van der Waals surface area contributed by atoms with Gasteiger partial charge in [-0.25, -0.2) is 0 Å². The second kappa shape index (κ2) is 6.81. The molecule has 18 heavy (non-hydrogen) atoms. The van der Waals surface area contributed by atoms with Crippen LogP contribution in [-0.2, 0) is 0 Å². The highest BCUT2D eigenvalue weighted by atomic mass is 35.5. The minimum Gasteiger partial charge on any atom is -0.379 e. The summed E-state index contributed by atoms with van der Waals surface area (Å²) in [5.74, 6) is 0.485. The second-order valence-electron chi connectivity index (χ2n) is 4.10. The molecule has 0 atom stereocenters. The fraction of sp³-hybridized carbons (Fsp3) is 0.500. The van der Waals surface area contributed by atoms with E-state index >= 15 is 0 Å². The molecule has 1 N–H and O–H groups in total. The van der Waals surface area contributed by atoms with Crippen LogP contribution in [0.2, 0.25) is 10.0 Å². The van der Waals surface area contributed by atoms with E-state index in [1.807, 2.05) is 0 Å². The molecule has 100 valence electrons. The Labute approximate surface area is 116 Å². The van der Waals surface area contributed by atoms with Crippen LogP contribution in [0.1, 0.15) is 26.7 Å². The first-order valence-electron chi connectivity index (χ1n) is 5.86. The summed E-state index contributed by atoms with van der Waals surface area (Å²) in [6, 6.07) is 2.78. The second-order valence-corrected chi connectivity index (χ2v) is 4.92. The molecule has 0 spiro atoms. The fourth-order valence-electron chi connectivity index (χ4n) is 1.66. The number of anilines is 1. The molecule has 1 aromatic carbocycles. The Bertz CT molecular complexity index is 434. The Morgan fingerprint density at radius 3 is 2.33 bits per heavy atom. The molecule has 1 aromatic rings. The van der Waals surface area contributed by atoms with E-state index in [-0.39, 0.29) is 10.7 Å². The number of benzene rings is 1. The molecule has 6 heteroatoms. The van der Waals surface area contributed by atoms with Gasteiger partial charge >= 0.3 is 0 Å². The summed E-state index contributed by atoms with van der Waals surface area (Å²) in [4.78, 5) is 10.5. The van der Waals surface area contributed by atoms with E-state index in [4.69, 9.17) is 23.2 Å². The maximum Gasteiger partial charge on any atom is 0.293 e. The van der Waals surface area contributed by atoms with Crippen LogP contribution < -0.4 is 5.32 Å². The minimum absolute atomic E-state index is 0.0460. The molecule has 1 rings (SSSR count). The average molecular weight is 291 g/mol. The number of nitrogens with zero attached hydrogens (tertiary/aromatic N) is 1. The van der Waals surface area contributed by atoms with Gasteiger partial charge in [-0.3, -0.25) is 10.1 Å². The minimum atomic E-state index is -0.461. The molecular weight excluding hydrogens is 275 g/mol. The molecule has 0 radical (unpaired) electrons. The molecule has 0 fully saturated rings. The van der Waals surface area contributed by atoms with Gasteiger partial charge in [0.25, 0.3) is 5.69 Å². The van der Waals surface area contributed by atoms with Crippen molar-refractivity contribution in [2.45, 2.75) is 26.7 Å². The number of nitro groups is 1. The molecular formula is C12H16Cl2N2O2. The quantitative estimate of drug-likeness (QED) is 0.607. The summed E-state index contributed by atoms with van der Waals surface area (Å²) < 4.78 is 0. The maximum atomic E-state index is 10.9. The van der Waals surface area contributed by atoms with Crippen molar-refractivity contribution in [3.63, 3.8) is 0 Å².